The molecular weight excluding hydrogens is 227 g/mol. The number of phenolic OH excluding ortho intramolecular Hbond substituents is 1. The molecule has 2 rings (SSSR count). The van der Waals surface area contributed by atoms with E-state index >= 15 is 0 Å². The van der Waals surface area contributed by atoms with E-state index in [-0.39, 0.29) is 16.6 Å². The predicted molar refractivity (Wildman–Crippen MR) is 63.2 cm³/mol. The van der Waals surface area contributed by atoms with Gasteiger partial charge in [-0.25, -0.2) is 4.39 Å². The van der Waals surface area contributed by atoms with Crippen LogP contribution in [-0.2, 0) is 0 Å². The fourth-order valence-corrected chi connectivity index (χ4v) is 1.65. The first-order valence-corrected chi connectivity index (χ1v) is 5.21. The van der Waals surface area contributed by atoms with Crippen LogP contribution in [-0.4, -0.2) is 5.11 Å². The molecule has 3 heteroatoms. The van der Waals surface area contributed by atoms with Gasteiger partial charge >= 0.3 is 0 Å². The average Bonchev–Trinajstić information content (AvgIpc) is 2.22. The van der Waals surface area contributed by atoms with Gasteiger partial charge in [-0.2, -0.15) is 0 Å². The van der Waals surface area contributed by atoms with Crippen molar-refractivity contribution in [2.75, 3.05) is 0 Å². The van der Waals surface area contributed by atoms with Crippen LogP contribution in [0.5, 0.6) is 5.75 Å². The smallest absolute Gasteiger partial charge is 0.134 e. The fourth-order valence-electron chi connectivity index (χ4n) is 1.53. The van der Waals surface area contributed by atoms with E-state index in [0.717, 1.165) is 5.56 Å². The van der Waals surface area contributed by atoms with Gasteiger partial charge in [-0.1, -0.05) is 29.8 Å². The average molecular weight is 237 g/mol. The highest BCUT2D eigenvalue weighted by molar-refractivity contribution is 6.32. The summed E-state index contributed by atoms with van der Waals surface area (Å²) < 4.78 is 13.7. The zero-order valence-electron chi connectivity index (χ0n) is 8.67. The first-order valence-electron chi connectivity index (χ1n) is 4.83. The van der Waals surface area contributed by atoms with E-state index < -0.39 is 0 Å². The van der Waals surface area contributed by atoms with Gasteiger partial charge in [0.1, 0.15) is 11.6 Å². The first kappa shape index (κ1) is 11.0. The van der Waals surface area contributed by atoms with E-state index in [1.165, 1.54) is 12.1 Å². The lowest BCUT2D eigenvalue weighted by Gasteiger charge is -2.05. The minimum absolute atomic E-state index is 0.0425. The van der Waals surface area contributed by atoms with Crippen molar-refractivity contribution in [1.29, 1.82) is 0 Å². The molecule has 0 radical (unpaired) electrons. The molecule has 0 saturated carbocycles. The van der Waals surface area contributed by atoms with E-state index in [0.29, 0.717) is 11.1 Å². The molecule has 0 heterocycles. The highest BCUT2D eigenvalue weighted by Gasteiger charge is 2.07. The molecule has 0 aliphatic heterocycles. The highest BCUT2D eigenvalue weighted by Crippen LogP contribution is 2.30. The van der Waals surface area contributed by atoms with Gasteiger partial charge in [-0.15, -0.1) is 0 Å². The molecule has 0 aliphatic rings. The summed E-state index contributed by atoms with van der Waals surface area (Å²) in [4.78, 5) is 0. The fraction of sp³-hybridized carbons (Fsp3) is 0.0769. The summed E-state index contributed by atoms with van der Waals surface area (Å²) in [6.07, 6.45) is 0. The molecule has 0 aromatic heterocycles. The molecule has 2 aromatic carbocycles. The summed E-state index contributed by atoms with van der Waals surface area (Å²) in [5, 5.41) is 9.71. The van der Waals surface area contributed by atoms with Gasteiger partial charge in [0.15, 0.2) is 0 Å². The molecule has 1 nitrogen and oxygen atoms in total. The Morgan fingerprint density at radius 1 is 1.12 bits per heavy atom. The normalized spacial score (nSPS) is 10.4. The number of hydrogen-bond acceptors (Lipinski definition) is 1. The van der Waals surface area contributed by atoms with Crippen molar-refractivity contribution in [2.45, 2.75) is 6.92 Å². The van der Waals surface area contributed by atoms with Gasteiger partial charge in [-0.05, 0) is 36.2 Å². The zero-order chi connectivity index (χ0) is 11.7. The van der Waals surface area contributed by atoms with E-state index in [1.807, 2.05) is 13.0 Å². The second-order valence-corrected chi connectivity index (χ2v) is 4.06. The Morgan fingerprint density at radius 3 is 2.50 bits per heavy atom. The summed E-state index contributed by atoms with van der Waals surface area (Å²) >= 11 is 5.69. The molecule has 0 saturated heterocycles. The van der Waals surface area contributed by atoms with E-state index in [9.17, 15) is 9.50 Å². The van der Waals surface area contributed by atoms with Gasteiger partial charge in [0.2, 0.25) is 0 Å². The molecule has 0 unspecified atom stereocenters. The van der Waals surface area contributed by atoms with E-state index in [4.69, 9.17) is 11.6 Å². The number of phenols is 1. The number of halogens is 2. The minimum atomic E-state index is -0.304. The van der Waals surface area contributed by atoms with Gasteiger partial charge in [0, 0.05) is 5.56 Å². The Balaban J connectivity index is 2.54. The lowest BCUT2D eigenvalue weighted by atomic mass is 10.0. The van der Waals surface area contributed by atoms with Crippen molar-refractivity contribution in [3.63, 3.8) is 0 Å². The summed E-state index contributed by atoms with van der Waals surface area (Å²) in [6.45, 7) is 1.83. The molecule has 0 spiro atoms. The SMILES string of the molecule is Cc1ccc(-c2ccc(Cl)c(O)c2)c(F)c1. The summed E-state index contributed by atoms with van der Waals surface area (Å²) in [5.41, 5.74) is 1.93. The summed E-state index contributed by atoms with van der Waals surface area (Å²) in [7, 11) is 0. The highest BCUT2D eigenvalue weighted by atomic mass is 35.5. The molecule has 0 bridgehead atoms. The number of aryl methyl sites for hydroxylation is 1. The molecule has 0 fully saturated rings. The van der Waals surface area contributed by atoms with Crippen molar-refractivity contribution in [3.8, 4) is 16.9 Å². The molecule has 2 aromatic rings. The third kappa shape index (κ3) is 2.02. The number of rotatable bonds is 1. The maximum Gasteiger partial charge on any atom is 0.134 e. The maximum atomic E-state index is 13.7. The molecule has 0 amide bonds. The quantitative estimate of drug-likeness (QED) is 0.788. The first-order chi connectivity index (χ1) is 7.58. The topological polar surface area (TPSA) is 20.2 Å². The monoisotopic (exact) mass is 236 g/mol. The molecule has 0 atom stereocenters. The molecule has 0 aliphatic carbocycles. The zero-order valence-corrected chi connectivity index (χ0v) is 9.42. The van der Waals surface area contributed by atoms with Crippen molar-refractivity contribution in [1.82, 2.24) is 0 Å². The van der Waals surface area contributed by atoms with Crippen LogP contribution in [0.4, 0.5) is 4.39 Å². The van der Waals surface area contributed by atoms with Gasteiger partial charge in [0.25, 0.3) is 0 Å². The van der Waals surface area contributed by atoms with Crippen LogP contribution in [0.1, 0.15) is 5.56 Å². The maximum absolute atomic E-state index is 13.7. The Kier molecular flexibility index (Phi) is 2.84. The lowest BCUT2D eigenvalue weighted by Crippen LogP contribution is -1.85. The largest absolute Gasteiger partial charge is 0.506 e. The molecule has 16 heavy (non-hydrogen) atoms. The second-order valence-electron chi connectivity index (χ2n) is 3.65. The third-order valence-electron chi connectivity index (χ3n) is 2.38. The van der Waals surface area contributed by atoms with Crippen LogP contribution in [0.25, 0.3) is 11.1 Å². The van der Waals surface area contributed by atoms with Gasteiger partial charge in [-0.3, -0.25) is 0 Å². The van der Waals surface area contributed by atoms with Crippen LogP contribution in [0.3, 0.4) is 0 Å². The van der Waals surface area contributed by atoms with Crippen LogP contribution in [0, 0.1) is 12.7 Å². The molecular formula is C13H10ClFO. The van der Waals surface area contributed by atoms with Crippen LogP contribution >= 0.6 is 11.6 Å². The van der Waals surface area contributed by atoms with E-state index in [2.05, 4.69) is 0 Å². The lowest BCUT2D eigenvalue weighted by molar-refractivity contribution is 0.476. The van der Waals surface area contributed by atoms with Crippen LogP contribution < -0.4 is 0 Å². The van der Waals surface area contributed by atoms with Crippen LogP contribution in [0.15, 0.2) is 36.4 Å². The molecule has 1 N–H and O–H groups in total. The van der Waals surface area contributed by atoms with Crippen LogP contribution in [0.2, 0.25) is 5.02 Å². The van der Waals surface area contributed by atoms with Gasteiger partial charge in [0.05, 0.1) is 5.02 Å². The summed E-state index contributed by atoms with van der Waals surface area (Å²) in [6, 6.07) is 9.65. The van der Waals surface area contributed by atoms with Gasteiger partial charge < -0.3 is 5.11 Å². The Bertz CT molecular complexity index is 537. The van der Waals surface area contributed by atoms with E-state index in [1.54, 1.807) is 18.2 Å². The van der Waals surface area contributed by atoms with Crippen molar-refractivity contribution < 1.29 is 9.50 Å². The third-order valence-corrected chi connectivity index (χ3v) is 2.70. The second kappa shape index (κ2) is 4.14. The van der Waals surface area contributed by atoms with Crippen molar-refractivity contribution in [3.05, 3.63) is 52.8 Å². The number of hydrogen-bond donors (Lipinski definition) is 1. The minimum Gasteiger partial charge on any atom is -0.506 e. The Hall–Kier alpha value is -1.54. The summed E-state index contributed by atoms with van der Waals surface area (Å²) in [5.74, 6) is -0.346. The van der Waals surface area contributed by atoms with Crippen molar-refractivity contribution >= 4 is 11.6 Å². The predicted octanol–water partition coefficient (Wildman–Crippen LogP) is 4.16. The number of benzene rings is 2. The van der Waals surface area contributed by atoms with Crippen molar-refractivity contribution in [2.24, 2.45) is 0 Å². The Morgan fingerprint density at radius 2 is 1.88 bits per heavy atom. The Labute approximate surface area is 98.1 Å². The molecule has 82 valence electrons. The number of aromatic hydroxyl groups is 1. The standard InChI is InChI=1S/C13H10ClFO/c1-8-2-4-10(12(15)6-8)9-3-5-11(14)13(16)7-9/h2-7,16H,1H3.